The number of fused-ring (bicyclic) bond motifs is 1. The molecule has 1 heterocycles. The molecule has 0 bridgehead atoms. The summed E-state index contributed by atoms with van der Waals surface area (Å²) in [6, 6.07) is 19.4. The number of rotatable bonds is 6. The van der Waals surface area contributed by atoms with Crippen molar-refractivity contribution in [2.24, 2.45) is 0 Å². The van der Waals surface area contributed by atoms with Crippen LogP contribution in [0.5, 0.6) is 0 Å². The molecule has 5 heteroatoms. The second-order valence-electron chi connectivity index (χ2n) is 7.96. The Morgan fingerprint density at radius 3 is 2.21 bits per heavy atom. The van der Waals surface area contributed by atoms with Crippen LogP contribution in [0.3, 0.4) is 0 Å². The van der Waals surface area contributed by atoms with E-state index in [-0.39, 0.29) is 11.5 Å². The van der Waals surface area contributed by atoms with Crippen LogP contribution in [-0.2, 0) is 6.42 Å². The highest BCUT2D eigenvalue weighted by molar-refractivity contribution is 6.17. The van der Waals surface area contributed by atoms with Crippen LogP contribution in [0, 0.1) is 28.9 Å². The lowest BCUT2D eigenvalue weighted by Crippen LogP contribution is -2.04. The van der Waals surface area contributed by atoms with Crippen molar-refractivity contribution in [1.82, 2.24) is 0 Å². The second kappa shape index (κ2) is 9.54. The van der Waals surface area contributed by atoms with Crippen LogP contribution in [-0.4, -0.2) is 10.7 Å². The van der Waals surface area contributed by atoms with Gasteiger partial charge in [-0.15, -0.1) is 0 Å². The Balaban J connectivity index is 1.68. The first-order valence-corrected chi connectivity index (χ1v) is 10.9. The number of non-ortho nitro benzene ring substituents is 1. The molecule has 0 aliphatic rings. The van der Waals surface area contributed by atoms with E-state index in [1.165, 1.54) is 17.7 Å². The SMILES string of the molecule is CCCCc1oc2ccc([N+](=O)[O-])cc2c1C(=O)c1ccc(C#Cc2ccc(C)cc2)cc1. The number of nitrogens with zero attached hydrogens (tertiary/aromatic N) is 1. The van der Waals surface area contributed by atoms with Crippen molar-refractivity contribution in [3.63, 3.8) is 0 Å². The Morgan fingerprint density at radius 2 is 1.61 bits per heavy atom. The predicted molar refractivity (Wildman–Crippen MR) is 129 cm³/mol. The van der Waals surface area contributed by atoms with Crippen molar-refractivity contribution in [2.75, 3.05) is 0 Å². The number of hydrogen-bond donors (Lipinski definition) is 0. The van der Waals surface area contributed by atoms with Crippen LogP contribution >= 0.6 is 0 Å². The standard InChI is InChI=1S/C28H23NO4/c1-3-4-5-26-27(24-18-23(29(31)32)16-17-25(24)33-26)28(30)22-14-12-21(13-15-22)11-10-20-8-6-19(2)7-9-20/h6-9,12-18H,3-5H2,1-2H3. The van der Waals surface area contributed by atoms with Crippen molar-refractivity contribution < 1.29 is 14.1 Å². The van der Waals surface area contributed by atoms with Crippen LogP contribution in [0.25, 0.3) is 11.0 Å². The fourth-order valence-electron chi connectivity index (χ4n) is 3.64. The monoisotopic (exact) mass is 437 g/mol. The van der Waals surface area contributed by atoms with E-state index in [0.29, 0.717) is 34.3 Å². The third-order valence-electron chi connectivity index (χ3n) is 5.49. The van der Waals surface area contributed by atoms with Crippen LogP contribution in [0.2, 0.25) is 0 Å². The highest BCUT2D eigenvalue weighted by Gasteiger charge is 2.23. The molecule has 1 aromatic heterocycles. The number of ketones is 1. The molecule has 3 aromatic carbocycles. The van der Waals surface area contributed by atoms with Crippen molar-refractivity contribution in [3.8, 4) is 11.8 Å². The number of aryl methyl sites for hydroxylation is 2. The third-order valence-corrected chi connectivity index (χ3v) is 5.49. The summed E-state index contributed by atoms with van der Waals surface area (Å²) >= 11 is 0. The Kier molecular flexibility index (Phi) is 6.37. The smallest absolute Gasteiger partial charge is 0.270 e. The minimum Gasteiger partial charge on any atom is -0.460 e. The molecule has 0 N–H and O–H groups in total. The van der Waals surface area contributed by atoms with Gasteiger partial charge in [-0.05, 0) is 55.8 Å². The van der Waals surface area contributed by atoms with Gasteiger partial charge in [-0.3, -0.25) is 14.9 Å². The zero-order valence-corrected chi connectivity index (χ0v) is 18.6. The van der Waals surface area contributed by atoms with Gasteiger partial charge in [0.15, 0.2) is 5.78 Å². The molecule has 0 spiro atoms. The molecule has 5 nitrogen and oxygen atoms in total. The maximum absolute atomic E-state index is 13.4. The molecule has 4 aromatic rings. The van der Waals surface area contributed by atoms with Crippen molar-refractivity contribution >= 4 is 22.4 Å². The Labute approximate surface area is 192 Å². The van der Waals surface area contributed by atoms with E-state index < -0.39 is 4.92 Å². The van der Waals surface area contributed by atoms with Crippen LogP contribution in [0.1, 0.15) is 58.1 Å². The zero-order chi connectivity index (χ0) is 23.4. The van der Waals surface area contributed by atoms with E-state index in [1.807, 2.05) is 43.3 Å². The van der Waals surface area contributed by atoms with E-state index in [9.17, 15) is 14.9 Å². The van der Waals surface area contributed by atoms with E-state index >= 15 is 0 Å². The molecule has 0 saturated carbocycles. The summed E-state index contributed by atoms with van der Waals surface area (Å²) < 4.78 is 5.93. The largest absolute Gasteiger partial charge is 0.460 e. The molecule has 0 unspecified atom stereocenters. The topological polar surface area (TPSA) is 73.3 Å². The average molecular weight is 437 g/mol. The normalized spacial score (nSPS) is 10.6. The maximum Gasteiger partial charge on any atom is 0.270 e. The van der Waals surface area contributed by atoms with Gasteiger partial charge in [0.05, 0.1) is 10.5 Å². The van der Waals surface area contributed by atoms with Crippen molar-refractivity contribution in [3.05, 3.63) is 110 Å². The molecule has 0 fully saturated rings. The molecule has 0 saturated heterocycles. The van der Waals surface area contributed by atoms with Crippen molar-refractivity contribution in [1.29, 1.82) is 0 Å². The molecule has 0 atom stereocenters. The predicted octanol–water partition coefficient (Wildman–Crippen LogP) is 6.62. The molecule has 0 amide bonds. The van der Waals surface area contributed by atoms with E-state index in [0.717, 1.165) is 24.0 Å². The second-order valence-corrected chi connectivity index (χ2v) is 7.96. The summed E-state index contributed by atoms with van der Waals surface area (Å²) in [6.07, 6.45) is 2.40. The highest BCUT2D eigenvalue weighted by atomic mass is 16.6. The van der Waals surface area contributed by atoms with E-state index in [2.05, 4.69) is 18.8 Å². The summed E-state index contributed by atoms with van der Waals surface area (Å²) in [5.41, 5.74) is 4.21. The Hall–Kier alpha value is -4.17. The van der Waals surface area contributed by atoms with Gasteiger partial charge in [0.1, 0.15) is 11.3 Å². The molecule has 0 aliphatic carbocycles. The lowest BCUT2D eigenvalue weighted by atomic mass is 9.97. The summed E-state index contributed by atoms with van der Waals surface area (Å²) in [4.78, 5) is 24.2. The van der Waals surface area contributed by atoms with Gasteiger partial charge in [0, 0.05) is 40.6 Å². The summed E-state index contributed by atoms with van der Waals surface area (Å²) in [5, 5.41) is 11.7. The Bertz CT molecular complexity index is 1380. The first-order chi connectivity index (χ1) is 16.0. The fourth-order valence-corrected chi connectivity index (χ4v) is 3.64. The third kappa shape index (κ3) is 4.86. The number of carbonyl (C=O) groups is 1. The lowest BCUT2D eigenvalue weighted by Gasteiger charge is -2.03. The molecule has 33 heavy (non-hydrogen) atoms. The number of furan rings is 1. The minimum absolute atomic E-state index is 0.0684. The number of benzene rings is 3. The van der Waals surface area contributed by atoms with Crippen LogP contribution in [0.4, 0.5) is 5.69 Å². The highest BCUT2D eigenvalue weighted by Crippen LogP contribution is 2.32. The number of unbranched alkanes of at least 4 members (excludes halogenated alkanes) is 1. The fraction of sp³-hybridized carbons (Fsp3) is 0.179. The molecular formula is C28H23NO4. The zero-order valence-electron chi connectivity index (χ0n) is 18.6. The molecular weight excluding hydrogens is 414 g/mol. The Morgan fingerprint density at radius 1 is 0.970 bits per heavy atom. The molecule has 0 aliphatic heterocycles. The summed E-state index contributed by atoms with van der Waals surface area (Å²) in [6.45, 7) is 4.09. The first-order valence-electron chi connectivity index (χ1n) is 10.9. The quantitative estimate of drug-likeness (QED) is 0.147. The van der Waals surface area contributed by atoms with Gasteiger partial charge in [-0.2, -0.15) is 0 Å². The number of nitro benzene ring substituents is 1. The van der Waals surface area contributed by atoms with Gasteiger partial charge in [0.2, 0.25) is 0 Å². The van der Waals surface area contributed by atoms with Gasteiger partial charge in [-0.25, -0.2) is 0 Å². The summed E-state index contributed by atoms with van der Waals surface area (Å²) in [7, 11) is 0. The lowest BCUT2D eigenvalue weighted by molar-refractivity contribution is -0.384. The van der Waals surface area contributed by atoms with Crippen molar-refractivity contribution in [2.45, 2.75) is 33.1 Å². The average Bonchev–Trinajstić information content (AvgIpc) is 3.19. The van der Waals surface area contributed by atoms with Crippen LogP contribution in [0.15, 0.2) is 71.1 Å². The molecule has 0 radical (unpaired) electrons. The first kappa shape index (κ1) is 22.0. The van der Waals surface area contributed by atoms with Gasteiger partial charge < -0.3 is 4.42 Å². The van der Waals surface area contributed by atoms with Gasteiger partial charge in [0.25, 0.3) is 5.69 Å². The minimum atomic E-state index is -0.464. The maximum atomic E-state index is 13.4. The molecule has 164 valence electrons. The number of nitro groups is 1. The van der Waals surface area contributed by atoms with Gasteiger partial charge >= 0.3 is 0 Å². The van der Waals surface area contributed by atoms with E-state index in [4.69, 9.17) is 4.42 Å². The molecule has 4 rings (SSSR count). The number of carbonyl (C=O) groups excluding carboxylic acids is 1. The summed E-state index contributed by atoms with van der Waals surface area (Å²) in [5.74, 6) is 6.60. The van der Waals surface area contributed by atoms with Gasteiger partial charge in [-0.1, -0.05) is 42.9 Å². The number of hydrogen-bond acceptors (Lipinski definition) is 4. The van der Waals surface area contributed by atoms with Crippen LogP contribution < -0.4 is 0 Å². The van der Waals surface area contributed by atoms with E-state index in [1.54, 1.807) is 18.2 Å².